The highest BCUT2D eigenvalue weighted by Gasteiger charge is 2.15. The normalized spacial score (nSPS) is 12.8. The Labute approximate surface area is 129 Å². The highest BCUT2D eigenvalue weighted by molar-refractivity contribution is 6.35. The van der Waals surface area contributed by atoms with Crippen molar-refractivity contribution in [3.05, 3.63) is 46.5 Å². The van der Waals surface area contributed by atoms with E-state index in [0.717, 1.165) is 17.7 Å². The molecule has 1 aromatic carbocycles. The highest BCUT2D eigenvalue weighted by Crippen LogP contribution is 2.30. The molecule has 0 aliphatic carbocycles. The molecule has 20 heavy (non-hydrogen) atoms. The molecule has 0 bridgehead atoms. The summed E-state index contributed by atoms with van der Waals surface area (Å²) in [6.45, 7) is 6.55. The molecule has 0 saturated carbocycles. The van der Waals surface area contributed by atoms with E-state index in [1.54, 1.807) is 17.1 Å². The van der Waals surface area contributed by atoms with Crippen LogP contribution in [-0.4, -0.2) is 14.8 Å². The predicted octanol–water partition coefficient (Wildman–Crippen LogP) is 5.02. The maximum atomic E-state index is 6.23. The maximum absolute atomic E-state index is 6.23. The molecule has 0 atom stereocenters. The van der Waals surface area contributed by atoms with E-state index >= 15 is 0 Å². The Morgan fingerprint density at radius 2 is 2.05 bits per heavy atom. The lowest BCUT2D eigenvalue weighted by molar-refractivity contribution is 0.419. The van der Waals surface area contributed by atoms with E-state index in [-0.39, 0.29) is 5.41 Å². The van der Waals surface area contributed by atoms with Crippen molar-refractivity contribution in [2.45, 2.75) is 27.2 Å². The number of rotatable bonds is 3. The first-order valence-corrected chi connectivity index (χ1v) is 7.11. The molecule has 2 rings (SSSR count). The fraction of sp³-hybridized carbons (Fsp3) is 0.333. The maximum Gasteiger partial charge on any atom is 0.138 e. The smallest absolute Gasteiger partial charge is 0.138 e. The van der Waals surface area contributed by atoms with Crippen LogP contribution in [0.4, 0.5) is 0 Å². The molecule has 0 spiro atoms. The number of nitrogens with zero attached hydrogens (tertiary/aromatic N) is 3. The van der Waals surface area contributed by atoms with Crippen molar-refractivity contribution >= 4 is 35.0 Å². The quantitative estimate of drug-likeness (QED) is 0.797. The number of hydrogen-bond acceptors (Lipinski definition) is 2. The minimum atomic E-state index is 0.136. The van der Waals surface area contributed by atoms with Gasteiger partial charge in [-0.1, -0.05) is 50.0 Å². The van der Waals surface area contributed by atoms with Crippen molar-refractivity contribution in [1.29, 1.82) is 0 Å². The van der Waals surface area contributed by atoms with E-state index in [2.05, 4.69) is 30.9 Å². The molecule has 0 aliphatic heterocycles. The summed E-state index contributed by atoms with van der Waals surface area (Å²) >= 11 is 12.2. The molecule has 0 radical (unpaired) electrons. The van der Waals surface area contributed by atoms with Crippen LogP contribution in [0, 0.1) is 5.41 Å². The van der Waals surface area contributed by atoms with E-state index in [0.29, 0.717) is 10.0 Å². The molecule has 1 heterocycles. The fourth-order valence-electron chi connectivity index (χ4n) is 1.90. The van der Waals surface area contributed by atoms with Gasteiger partial charge in [-0.15, -0.1) is 0 Å². The Bertz CT molecular complexity index is 611. The Balaban J connectivity index is 2.42. The third-order valence-electron chi connectivity index (χ3n) is 2.71. The first kappa shape index (κ1) is 15.1. The second-order valence-electron chi connectivity index (χ2n) is 5.88. The largest absolute Gasteiger partial charge is 0.225 e. The van der Waals surface area contributed by atoms with Crippen LogP contribution in [0.3, 0.4) is 0 Å². The minimum absolute atomic E-state index is 0.136. The average Bonchev–Trinajstić information content (AvgIpc) is 2.83. The molecule has 1 aromatic heterocycles. The van der Waals surface area contributed by atoms with Crippen LogP contribution in [0.1, 0.15) is 32.8 Å². The molecule has 106 valence electrons. The molecule has 0 unspecified atom stereocenters. The number of halogens is 2. The van der Waals surface area contributed by atoms with Crippen molar-refractivity contribution in [1.82, 2.24) is 14.8 Å². The summed E-state index contributed by atoms with van der Waals surface area (Å²) in [5.74, 6) is 0. The molecule has 0 fully saturated rings. The molecule has 2 aromatic rings. The van der Waals surface area contributed by atoms with E-state index in [9.17, 15) is 0 Å². The summed E-state index contributed by atoms with van der Waals surface area (Å²) in [6, 6.07) is 5.48. The van der Waals surface area contributed by atoms with Gasteiger partial charge >= 0.3 is 0 Å². The van der Waals surface area contributed by atoms with Gasteiger partial charge in [0.25, 0.3) is 0 Å². The first-order chi connectivity index (χ1) is 9.35. The number of aromatic nitrogens is 3. The van der Waals surface area contributed by atoms with Gasteiger partial charge in [0.15, 0.2) is 0 Å². The summed E-state index contributed by atoms with van der Waals surface area (Å²) < 4.78 is 1.77. The summed E-state index contributed by atoms with van der Waals surface area (Å²) in [5, 5.41) is 5.47. The second-order valence-corrected chi connectivity index (χ2v) is 6.72. The second kappa shape index (κ2) is 5.98. The van der Waals surface area contributed by atoms with Gasteiger partial charge < -0.3 is 0 Å². The standard InChI is InChI=1S/C15H17Cl2N3/c1-15(2,3)8-13(20-10-18-9-19-20)6-11-4-5-12(16)7-14(11)17/h4-7,9-10H,8H2,1-3H3/b13-6+. The van der Waals surface area contributed by atoms with Crippen LogP contribution in [0.15, 0.2) is 30.9 Å². The molecule has 0 aliphatic rings. The summed E-state index contributed by atoms with van der Waals surface area (Å²) in [7, 11) is 0. The number of hydrogen-bond donors (Lipinski definition) is 0. The van der Waals surface area contributed by atoms with Gasteiger partial charge in [0.2, 0.25) is 0 Å². The third kappa shape index (κ3) is 4.09. The van der Waals surface area contributed by atoms with Crippen molar-refractivity contribution < 1.29 is 0 Å². The van der Waals surface area contributed by atoms with Gasteiger partial charge in [-0.2, -0.15) is 5.10 Å². The SMILES string of the molecule is CC(C)(C)C/C(=C\c1ccc(Cl)cc1Cl)n1cncn1. The van der Waals surface area contributed by atoms with Gasteiger partial charge in [0.1, 0.15) is 12.7 Å². The summed E-state index contributed by atoms with van der Waals surface area (Å²) in [4.78, 5) is 4.01. The monoisotopic (exact) mass is 309 g/mol. The number of benzene rings is 1. The molecular weight excluding hydrogens is 293 g/mol. The van der Waals surface area contributed by atoms with E-state index in [1.807, 2.05) is 18.2 Å². The zero-order valence-corrected chi connectivity index (χ0v) is 13.3. The van der Waals surface area contributed by atoms with E-state index in [1.165, 1.54) is 6.33 Å². The van der Waals surface area contributed by atoms with Gasteiger partial charge in [-0.05, 0) is 35.6 Å². The topological polar surface area (TPSA) is 30.7 Å². The minimum Gasteiger partial charge on any atom is -0.225 e. The van der Waals surface area contributed by atoms with Crippen LogP contribution in [0.5, 0.6) is 0 Å². The Hall–Kier alpha value is -1.32. The molecule has 3 nitrogen and oxygen atoms in total. The Morgan fingerprint density at radius 3 is 2.60 bits per heavy atom. The molecule has 0 saturated heterocycles. The van der Waals surface area contributed by atoms with E-state index in [4.69, 9.17) is 23.2 Å². The van der Waals surface area contributed by atoms with Crippen LogP contribution in [0.25, 0.3) is 11.8 Å². The lowest BCUT2D eigenvalue weighted by Gasteiger charge is -2.20. The van der Waals surface area contributed by atoms with Gasteiger partial charge in [0, 0.05) is 15.7 Å². The van der Waals surface area contributed by atoms with Gasteiger partial charge in [-0.3, -0.25) is 0 Å². The van der Waals surface area contributed by atoms with Crippen LogP contribution >= 0.6 is 23.2 Å². The first-order valence-electron chi connectivity index (χ1n) is 6.36. The van der Waals surface area contributed by atoms with Crippen LogP contribution in [0.2, 0.25) is 10.0 Å². The zero-order chi connectivity index (χ0) is 14.8. The lowest BCUT2D eigenvalue weighted by atomic mass is 9.90. The van der Waals surface area contributed by atoms with E-state index < -0.39 is 0 Å². The molecule has 0 amide bonds. The molecule has 0 N–H and O–H groups in total. The Morgan fingerprint density at radius 1 is 1.30 bits per heavy atom. The lowest BCUT2D eigenvalue weighted by Crippen LogP contribution is -2.10. The molecular formula is C15H17Cl2N3. The van der Waals surface area contributed by atoms with Crippen molar-refractivity contribution in [3.8, 4) is 0 Å². The van der Waals surface area contributed by atoms with Crippen LogP contribution in [-0.2, 0) is 0 Å². The summed E-state index contributed by atoms with van der Waals surface area (Å²) in [5.41, 5.74) is 2.10. The van der Waals surface area contributed by atoms with Gasteiger partial charge in [0.05, 0.1) is 0 Å². The van der Waals surface area contributed by atoms with Crippen LogP contribution < -0.4 is 0 Å². The Kier molecular flexibility index (Phi) is 4.51. The predicted molar refractivity (Wildman–Crippen MR) is 84.7 cm³/mol. The third-order valence-corrected chi connectivity index (χ3v) is 3.27. The van der Waals surface area contributed by atoms with Crippen molar-refractivity contribution in [2.24, 2.45) is 5.41 Å². The number of allylic oxidation sites excluding steroid dienone is 1. The highest BCUT2D eigenvalue weighted by atomic mass is 35.5. The zero-order valence-electron chi connectivity index (χ0n) is 11.8. The molecule has 5 heteroatoms. The van der Waals surface area contributed by atoms with Crippen molar-refractivity contribution in [2.75, 3.05) is 0 Å². The van der Waals surface area contributed by atoms with Gasteiger partial charge in [-0.25, -0.2) is 9.67 Å². The summed E-state index contributed by atoms with van der Waals surface area (Å²) in [6.07, 6.45) is 6.11. The van der Waals surface area contributed by atoms with Crippen molar-refractivity contribution in [3.63, 3.8) is 0 Å². The fourth-order valence-corrected chi connectivity index (χ4v) is 2.36. The average molecular weight is 310 g/mol.